The van der Waals surface area contributed by atoms with E-state index in [4.69, 9.17) is 0 Å². The minimum absolute atomic E-state index is 0.0210. The van der Waals surface area contributed by atoms with Crippen molar-refractivity contribution in [1.29, 1.82) is 0 Å². The zero-order valence-corrected chi connectivity index (χ0v) is 21.7. The van der Waals surface area contributed by atoms with Gasteiger partial charge in [-0.05, 0) is 60.2 Å². The summed E-state index contributed by atoms with van der Waals surface area (Å²) in [5, 5.41) is 15.7. The van der Waals surface area contributed by atoms with Crippen LogP contribution in [0.15, 0.2) is 60.0 Å². The fourth-order valence-corrected chi connectivity index (χ4v) is 6.13. The highest BCUT2D eigenvalue weighted by molar-refractivity contribution is 7.10. The lowest BCUT2D eigenvalue weighted by atomic mass is 9.93. The van der Waals surface area contributed by atoms with Crippen LogP contribution in [0, 0.1) is 15.9 Å². The lowest BCUT2D eigenvalue weighted by Crippen LogP contribution is -2.58. The quantitative estimate of drug-likeness (QED) is 0.382. The first-order valence-corrected chi connectivity index (χ1v) is 13.3. The van der Waals surface area contributed by atoms with Crippen LogP contribution in [0.5, 0.6) is 0 Å². The number of nitro groups is 1. The Morgan fingerprint density at radius 2 is 1.92 bits per heavy atom. The standard InChI is InChI=1S/C27H28FN5O4S/c1-18-16-30(12-13-32(18)27(35)29-21-5-7-22(8-6-21)33(36)37)25(34)17-31-11-9-24-23(10-14-38-24)26(31)19-3-2-4-20(28)15-19/h2-8,10,14-15,18,26H,9,11-13,16-17H2,1H3,(H,29,35)/t18-,26-/m0/s1. The molecule has 2 aliphatic rings. The molecule has 9 nitrogen and oxygen atoms in total. The number of nitrogens with zero attached hydrogens (tertiary/aromatic N) is 4. The number of urea groups is 1. The molecule has 2 atom stereocenters. The van der Waals surface area contributed by atoms with Gasteiger partial charge in [0.25, 0.3) is 5.69 Å². The number of benzene rings is 2. The van der Waals surface area contributed by atoms with Crippen LogP contribution in [-0.4, -0.2) is 70.3 Å². The SMILES string of the molecule is C[C@H]1CN(C(=O)CN2CCc3sccc3[C@@H]2c2cccc(F)c2)CCN1C(=O)Nc1ccc([N+](=O)[O-])cc1. The predicted octanol–water partition coefficient (Wildman–Crippen LogP) is 4.51. The fraction of sp³-hybridized carbons (Fsp3) is 0.333. The van der Waals surface area contributed by atoms with E-state index in [1.807, 2.05) is 18.4 Å². The summed E-state index contributed by atoms with van der Waals surface area (Å²) >= 11 is 1.69. The van der Waals surface area contributed by atoms with E-state index in [-0.39, 0.29) is 42.1 Å². The Morgan fingerprint density at radius 3 is 2.63 bits per heavy atom. The van der Waals surface area contributed by atoms with Crippen molar-refractivity contribution >= 4 is 34.6 Å². The van der Waals surface area contributed by atoms with Crippen LogP contribution in [0.25, 0.3) is 0 Å². The van der Waals surface area contributed by atoms with Gasteiger partial charge in [0.05, 0.1) is 17.5 Å². The second-order valence-corrected chi connectivity index (χ2v) is 10.6. The molecule has 38 heavy (non-hydrogen) atoms. The van der Waals surface area contributed by atoms with E-state index in [1.54, 1.807) is 33.3 Å². The molecule has 5 rings (SSSR count). The number of rotatable bonds is 5. The average molecular weight is 538 g/mol. The maximum absolute atomic E-state index is 14.1. The molecule has 1 fully saturated rings. The second-order valence-electron chi connectivity index (χ2n) is 9.59. The molecule has 2 aliphatic heterocycles. The van der Waals surface area contributed by atoms with Gasteiger partial charge in [0.2, 0.25) is 5.91 Å². The second kappa shape index (κ2) is 10.9. The highest BCUT2D eigenvalue weighted by atomic mass is 32.1. The Morgan fingerprint density at radius 1 is 1.13 bits per heavy atom. The number of non-ortho nitro benzene ring substituents is 1. The smallest absolute Gasteiger partial charge is 0.322 e. The summed E-state index contributed by atoms with van der Waals surface area (Å²) in [5.41, 5.74) is 2.37. The average Bonchev–Trinajstić information content (AvgIpc) is 3.37. The van der Waals surface area contributed by atoms with Gasteiger partial charge in [-0.15, -0.1) is 11.3 Å². The van der Waals surface area contributed by atoms with Gasteiger partial charge in [0.15, 0.2) is 0 Å². The van der Waals surface area contributed by atoms with Gasteiger partial charge >= 0.3 is 6.03 Å². The van der Waals surface area contributed by atoms with E-state index in [9.17, 15) is 24.1 Å². The number of fused-ring (bicyclic) bond motifs is 1. The minimum atomic E-state index is -0.493. The number of anilines is 1. The molecule has 3 aromatic rings. The molecule has 0 spiro atoms. The van der Waals surface area contributed by atoms with Gasteiger partial charge in [-0.2, -0.15) is 0 Å². The van der Waals surface area contributed by atoms with Crippen molar-refractivity contribution in [2.75, 3.05) is 38.0 Å². The molecule has 3 heterocycles. The topological polar surface area (TPSA) is 99.0 Å². The number of thiophene rings is 1. The Balaban J connectivity index is 1.22. The third-order valence-electron chi connectivity index (χ3n) is 7.14. The van der Waals surface area contributed by atoms with Crippen molar-refractivity contribution in [1.82, 2.24) is 14.7 Å². The molecule has 0 radical (unpaired) electrons. The van der Waals surface area contributed by atoms with Crippen molar-refractivity contribution in [3.63, 3.8) is 0 Å². The van der Waals surface area contributed by atoms with Crippen molar-refractivity contribution in [2.45, 2.75) is 25.4 Å². The van der Waals surface area contributed by atoms with Gasteiger partial charge in [-0.3, -0.25) is 19.8 Å². The van der Waals surface area contributed by atoms with Crippen LogP contribution in [0.4, 0.5) is 20.6 Å². The van der Waals surface area contributed by atoms with Crippen molar-refractivity contribution in [2.24, 2.45) is 0 Å². The van der Waals surface area contributed by atoms with Gasteiger partial charge in [0, 0.05) is 54.9 Å². The molecular weight excluding hydrogens is 509 g/mol. The Hall–Kier alpha value is -3.83. The lowest BCUT2D eigenvalue weighted by molar-refractivity contribution is -0.384. The summed E-state index contributed by atoms with van der Waals surface area (Å²) in [5.74, 6) is -0.319. The summed E-state index contributed by atoms with van der Waals surface area (Å²) in [6.45, 7) is 3.97. The first-order chi connectivity index (χ1) is 18.3. The van der Waals surface area contributed by atoms with Gasteiger partial charge in [0.1, 0.15) is 5.82 Å². The zero-order chi connectivity index (χ0) is 26.8. The van der Waals surface area contributed by atoms with E-state index in [2.05, 4.69) is 16.3 Å². The number of nitro benzene ring substituents is 1. The normalized spacial score (nSPS) is 19.6. The van der Waals surface area contributed by atoms with Gasteiger partial charge in [-0.25, -0.2) is 9.18 Å². The molecule has 0 saturated carbocycles. The van der Waals surface area contributed by atoms with Crippen LogP contribution < -0.4 is 5.32 Å². The molecule has 0 unspecified atom stereocenters. The summed E-state index contributed by atoms with van der Waals surface area (Å²) in [7, 11) is 0. The molecule has 0 aliphatic carbocycles. The van der Waals surface area contributed by atoms with Crippen molar-refractivity contribution in [3.8, 4) is 0 Å². The summed E-state index contributed by atoms with van der Waals surface area (Å²) in [6.07, 6.45) is 0.846. The third kappa shape index (κ3) is 5.39. The van der Waals surface area contributed by atoms with Crippen LogP contribution in [0.1, 0.15) is 29.0 Å². The molecule has 1 N–H and O–H groups in total. The van der Waals surface area contributed by atoms with E-state index in [0.717, 1.165) is 17.5 Å². The first-order valence-electron chi connectivity index (χ1n) is 12.5. The molecule has 198 valence electrons. The molecule has 11 heteroatoms. The highest BCUT2D eigenvalue weighted by Gasteiger charge is 2.34. The minimum Gasteiger partial charge on any atom is -0.338 e. The van der Waals surface area contributed by atoms with Crippen LogP contribution in [-0.2, 0) is 11.2 Å². The Kier molecular flexibility index (Phi) is 7.39. The van der Waals surface area contributed by atoms with Crippen LogP contribution in [0.2, 0.25) is 0 Å². The number of hydrogen-bond donors (Lipinski definition) is 1. The highest BCUT2D eigenvalue weighted by Crippen LogP contribution is 2.37. The Bertz CT molecular complexity index is 1350. The Labute approximate surface area is 223 Å². The number of hydrogen-bond acceptors (Lipinski definition) is 6. The largest absolute Gasteiger partial charge is 0.338 e. The van der Waals surface area contributed by atoms with E-state index in [0.29, 0.717) is 31.9 Å². The summed E-state index contributed by atoms with van der Waals surface area (Å²) < 4.78 is 14.1. The molecular formula is C27H28FN5O4S. The molecule has 2 aromatic carbocycles. The molecule has 0 bridgehead atoms. The maximum Gasteiger partial charge on any atom is 0.322 e. The molecule has 1 aromatic heterocycles. The van der Waals surface area contributed by atoms with Crippen LogP contribution >= 0.6 is 11.3 Å². The number of amides is 3. The number of halogens is 1. The van der Waals surface area contributed by atoms with Gasteiger partial charge in [-0.1, -0.05) is 12.1 Å². The summed E-state index contributed by atoms with van der Waals surface area (Å²) in [6, 6.07) is 13.6. The van der Waals surface area contributed by atoms with E-state index >= 15 is 0 Å². The molecule has 1 saturated heterocycles. The lowest BCUT2D eigenvalue weighted by Gasteiger charge is -2.41. The fourth-order valence-electron chi connectivity index (χ4n) is 5.23. The zero-order valence-electron chi connectivity index (χ0n) is 20.9. The van der Waals surface area contributed by atoms with Crippen molar-refractivity contribution < 1.29 is 18.9 Å². The predicted molar refractivity (Wildman–Crippen MR) is 143 cm³/mol. The molecule has 3 amide bonds. The first kappa shape index (κ1) is 25.8. The monoisotopic (exact) mass is 537 g/mol. The van der Waals surface area contributed by atoms with Gasteiger partial charge < -0.3 is 15.1 Å². The van der Waals surface area contributed by atoms with Crippen LogP contribution in [0.3, 0.4) is 0 Å². The van der Waals surface area contributed by atoms with E-state index < -0.39 is 4.92 Å². The summed E-state index contributed by atoms with van der Waals surface area (Å²) in [4.78, 5) is 43.4. The number of piperazine rings is 1. The third-order valence-corrected chi connectivity index (χ3v) is 8.14. The maximum atomic E-state index is 14.1. The van der Waals surface area contributed by atoms with Crippen molar-refractivity contribution in [3.05, 3.63) is 91.9 Å². The number of carbonyl (C=O) groups excluding carboxylic acids is 2. The number of nitrogens with one attached hydrogen (secondary N) is 1. The number of carbonyl (C=O) groups is 2. The van der Waals surface area contributed by atoms with E-state index in [1.165, 1.54) is 35.2 Å².